The predicted octanol–water partition coefficient (Wildman–Crippen LogP) is 3.82. The summed E-state index contributed by atoms with van der Waals surface area (Å²) < 4.78 is 16.3. The molecule has 0 fully saturated rings. The lowest BCUT2D eigenvalue weighted by Crippen LogP contribution is -2.35. The van der Waals surface area contributed by atoms with Crippen LogP contribution in [0.2, 0.25) is 0 Å². The van der Waals surface area contributed by atoms with E-state index in [0.29, 0.717) is 34.7 Å². The second-order valence-electron chi connectivity index (χ2n) is 6.60. The Labute approximate surface area is 173 Å². The van der Waals surface area contributed by atoms with Crippen LogP contribution in [0, 0.1) is 0 Å². The van der Waals surface area contributed by atoms with E-state index in [0.717, 1.165) is 12.1 Å². The lowest BCUT2D eigenvalue weighted by molar-refractivity contribution is -0.117. The summed E-state index contributed by atoms with van der Waals surface area (Å²) in [4.78, 5) is 14.8. The molecular weight excluding hydrogens is 390 g/mol. The van der Waals surface area contributed by atoms with Gasteiger partial charge >= 0.3 is 0 Å². The summed E-state index contributed by atoms with van der Waals surface area (Å²) in [5.41, 5.74) is 2.87. The van der Waals surface area contributed by atoms with Crippen molar-refractivity contribution in [1.29, 1.82) is 0 Å². The molecule has 7 nitrogen and oxygen atoms in total. The van der Waals surface area contributed by atoms with Gasteiger partial charge in [-0.05, 0) is 37.1 Å². The van der Waals surface area contributed by atoms with Crippen LogP contribution in [0.25, 0.3) is 11.5 Å². The van der Waals surface area contributed by atoms with Crippen molar-refractivity contribution >= 4 is 23.4 Å². The third-order valence-corrected chi connectivity index (χ3v) is 5.71. The number of carbonyl (C=O) groups excluding carboxylic acids is 1. The maximum absolute atomic E-state index is 12.9. The fraction of sp³-hybridized carbons (Fsp3) is 0.286. The molecule has 4 rings (SSSR count). The molecule has 0 N–H and O–H groups in total. The Bertz CT molecular complexity index is 1010. The second-order valence-corrected chi connectivity index (χ2v) is 7.90. The molecule has 1 atom stereocenters. The van der Waals surface area contributed by atoms with Crippen molar-refractivity contribution in [2.45, 2.75) is 23.8 Å². The van der Waals surface area contributed by atoms with Gasteiger partial charge in [-0.3, -0.25) is 4.79 Å². The Kier molecular flexibility index (Phi) is 5.44. The number of nitrogens with zero attached hydrogens (tertiary/aromatic N) is 3. The molecule has 1 amide bonds. The minimum Gasteiger partial charge on any atom is -0.497 e. The first-order valence-electron chi connectivity index (χ1n) is 9.22. The van der Waals surface area contributed by atoms with E-state index in [1.54, 1.807) is 32.4 Å². The number of carbonyl (C=O) groups is 1. The average molecular weight is 411 g/mol. The maximum Gasteiger partial charge on any atom is 0.277 e. The Balaban J connectivity index is 1.49. The first-order chi connectivity index (χ1) is 14.1. The number of anilines is 1. The van der Waals surface area contributed by atoms with Gasteiger partial charge in [0.1, 0.15) is 11.5 Å². The highest BCUT2D eigenvalue weighted by molar-refractivity contribution is 8.00. The van der Waals surface area contributed by atoms with Crippen molar-refractivity contribution in [2.24, 2.45) is 0 Å². The normalized spacial score (nSPS) is 13.8. The Morgan fingerprint density at radius 2 is 1.86 bits per heavy atom. The van der Waals surface area contributed by atoms with Crippen LogP contribution < -0.4 is 14.4 Å². The van der Waals surface area contributed by atoms with E-state index in [4.69, 9.17) is 13.9 Å². The fourth-order valence-electron chi connectivity index (χ4n) is 3.29. The van der Waals surface area contributed by atoms with Gasteiger partial charge in [-0.15, -0.1) is 10.2 Å². The van der Waals surface area contributed by atoms with E-state index < -0.39 is 0 Å². The molecule has 1 aromatic heterocycles. The molecule has 2 aromatic carbocycles. The van der Waals surface area contributed by atoms with Crippen molar-refractivity contribution in [3.8, 4) is 23.0 Å². The highest BCUT2D eigenvalue weighted by atomic mass is 32.2. The molecule has 0 unspecified atom stereocenters. The van der Waals surface area contributed by atoms with Crippen molar-refractivity contribution in [1.82, 2.24) is 10.2 Å². The van der Waals surface area contributed by atoms with Crippen LogP contribution in [0.1, 0.15) is 12.5 Å². The van der Waals surface area contributed by atoms with Crippen molar-refractivity contribution in [2.75, 3.05) is 25.7 Å². The summed E-state index contributed by atoms with van der Waals surface area (Å²) >= 11 is 1.25. The highest BCUT2D eigenvalue weighted by Crippen LogP contribution is 2.33. The number of para-hydroxylation sites is 1. The standard InChI is InChI=1S/C21H21N3O4S/c1-13(20(25)24-9-8-14-6-4-5-7-18(14)24)29-21-23-22-19(28-21)15-10-16(26-2)12-17(11-15)27-3/h4-7,10-13H,8-9H2,1-3H3/t13-/m1/s1. The topological polar surface area (TPSA) is 77.7 Å². The van der Waals surface area contributed by atoms with Crippen LogP contribution in [0.3, 0.4) is 0 Å². The molecule has 8 heteroatoms. The quantitative estimate of drug-likeness (QED) is 0.571. The first-order valence-corrected chi connectivity index (χ1v) is 10.1. The Morgan fingerprint density at radius 1 is 1.14 bits per heavy atom. The monoisotopic (exact) mass is 411 g/mol. The zero-order valence-corrected chi connectivity index (χ0v) is 17.2. The molecule has 3 aromatic rings. The third kappa shape index (κ3) is 3.93. The lowest BCUT2D eigenvalue weighted by atomic mass is 10.2. The number of benzene rings is 2. The summed E-state index contributed by atoms with van der Waals surface area (Å²) in [5.74, 6) is 1.63. The summed E-state index contributed by atoms with van der Waals surface area (Å²) in [6.07, 6.45) is 0.877. The molecule has 1 aliphatic heterocycles. The molecule has 0 radical (unpaired) electrons. The predicted molar refractivity (Wildman–Crippen MR) is 111 cm³/mol. The Hall–Kier alpha value is -3.00. The molecule has 2 heterocycles. The van der Waals surface area contributed by atoms with E-state index >= 15 is 0 Å². The molecule has 150 valence electrons. The molecule has 0 aliphatic carbocycles. The molecule has 0 spiro atoms. The van der Waals surface area contributed by atoms with Gasteiger partial charge in [0.05, 0.1) is 19.5 Å². The second kappa shape index (κ2) is 8.16. The maximum atomic E-state index is 12.9. The van der Waals surface area contributed by atoms with E-state index in [-0.39, 0.29) is 11.2 Å². The van der Waals surface area contributed by atoms with Gasteiger partial charge in [-0.25, -0.2) is 0 Å². The van der Waals surface area contributed by atoms with Crippen molar-refractivity contribution < 1.29 is 18.7 Å². The van der Waals surface area contributed by atoms with Crippen LogP contribution in [0.4, 0.5) is 5.69 Å². The molecule has 1 aliphatic rings. The lowest BCUT2D eigenvalue weighted by Gasteiger charge is -2.20. The largest absolute Gasteiger partial charge is 0.497 e. The van der Waals surface area contributed by atoms with E-state index in [1.807, 2.05) is 30.0 Å². The van der Waals surface area contributed by atoms with Crippen LogP contribution in [0.15, 0.2) is 52.1 Å². The molecule has 0 saturated heterocycles. The van der Waals surface area contributed by atoms with Gasteiger partial charge in [0.2, 0.25) is 11.8 Å². The summed E-state index contributed by atoms with van der Waals surface area (Å²) in [6, 6.07) is 13.4. The highest BCUT2D eigenvalue weighted by Gasteiger charge is 2.29. The van der Waals surface area contributed by atoms with Gasteiger partial charge in [0.25, 0.3) is 5.22 Å². The number of thioether (sulfide) groups is 1. The number of methoxy groups -OCH3 is 2. The van der Waals surface area contributed by atoms with Crippen LogP contribution in [-0.2, 0) is 11.2 Å². The number of aromatic nitrogens is 2. The number of ether oxygens (including phenoxy) is 2. The molecule has 29 heavy (non-hydrogen) atoms. The minimum atomic E-state index is -0.352. The average Bonchev–Trinajstić information content (AvgIpc) is 3.40. The van der Waals surface area contributed by atoms with Gasteiger partial charge in [0, 0.05) is 23.9 Å². The van der Waals surface area contributed by atoms with Crippen molar-refractivity contribution in [3.05, 3.63) is 48.0 Å². The van der Waals surface area contributed by atoms with Gasteiger partial charge in [0.15, 0.2) is 0 Å². The smallest absolute Gasteiger partial charge is 0.277 e. The number of hydrogen-bond donors (Lipinski definition) is 0. The molecular formula is C21H21N3O4S. The summed E-state index contributed by atoms with van der Waals surface area (Å²) in [7, 11) is 3.16. The van der Waals surface area contributed by atoms with Gasteiger partial charge in [-0.2, -0.15) is 0 Å². The minimum absolute atomic E-state index is 0.0303. The number of fused-ring (bicyclic) bond motifs is 1. The Morgan fingerprint density at radius 3 is 2.59 bits per heavy atom. The number of rotatable bonds is 6. The fourth-order valence-corrected chi connectivity index (χ4v) is 4.04. The zero-order valence-electron chi connectivity index (χ0n) is 16.4. The zero-order chi connectivity index (χ0) is 20.4. The van der Waals surface area contributed by atoms with E-state index in [2.05, 4.69) is 16.3 Å². The first kappa shape index (κ1) is 19.3. The van der Waals surface area contributed by atoms with Crippen LogP contribution in [-0.4, -0.2) is 42.1 Å². The molecule has 0 saturated carbocycles. The van der Waals surface area contributed by atoms with E-state index in [9.17, 15) is 4.79 Å². The number of hydrogen-bond acceptors (Lipinski definition) is 7. The number of amides is 1. The van der Waals surface area contributed by atoms with Crippen LogP contribution >= 0.6 is 11.8 Å². The SMILES string of the molecule is COc1cc(OC)cc(-c2nnc(S[C@H](C)C(=O)N3CCc4ccccc43)o2)c1. The van der Waals surface area contributed by atoms with Gasteiger partial charge < -0.3 is 18.8 Å². The van der Waals surface area contributed by atoms with E-state index in [1.165, 1.54) is 17.3 Å². The third-order valence-electron chi connectivity index (χ3n) is 4.78. The van der Waals surface area contributed by atoms with Gasteiger partial charge in [-0.1, -0.05) is 30.0 Å². The summed E-state index contributed by atoms with van der Waals surface area (Å²) in [6.45, 7) is 2.55. The van der Waals surface area contributed by atoms with Crippen molar-refractivity contribution in [3.63, 3.8) is 0 Å². The van der Waals surface area contributed by atoms with Crippen LogP contribution in [0.5, 0.6) is 11.5 Å². The molecule has 0 bridgehead atoms. The summed E-state index contributed by atoms with van der Waals surface area (Å²) in [5, 5.41) is 8.19.